The largest absolute Gasteiger partial charge is 0.508 e. The summed E-state index contributed by atoms with van der Waals surface area (Å²) >= 11 is 0. The third kappa shape index (κ3) is 8.96. The third-order valence-electron chi connectivity index (χ3n) is 13.9. The second kappa shape index (κ2) is 17.7. The number of hydrogen-bond acceptors (Lipinski definition) is 9. The highest BCUT2D eigenvalue weighted by atomic mass is 16.5. The van der Waals surface area contributed by atoms with Crippen molar-refractivity contribution in [2.45, 2.75) is 117 Å². The number of nitrogens with one attached hydrogen (secondary N) is 2. The predicted molar refractivity (Wildman–Crippen MR) is 241 cm³/mol. The molecule has 63 heavy (non-hydrogen) atoms. The van der Waals surface area contributed by atoms with Crippen LogP contribution in [-0.4, -0.2) is 93.7 Å². The van der Waals surface area contributed by atoms with Gasteiger partial charge in [-0.25, -0.2) is 5.43 Å². The Hall–Kier alpha value is -5.27. The second-order valence-electron chi connectivity index (χ2n) is 19.6. The zero-order valence-corrected chi connectivity index (χ0v) is 38.1. The van der Waals surface area contributed by atoms with Crippen LogP contribution in [-0.2, 0) is 48.0 Å². The standard InChI is InChI=1S/C50H64N6O7/c1-9-55-42-15-14-31-25-38(42)39(45(55)37-12-10-16-51-43(37)29(4)62-8)26-50(5,6)27-63-49(61)40-13-11-17-56(53-40)48(60)41(20-30-18-32(31)24-36(57)19-30)52-46(58)44(28(2)3)54(7)47(59)35-22-33-21-34(33)23-35/h10,12,14-16,18-19,24-25,28-29,33-35,40-41,44,53,57H,9,11,13,17,20-23,26-27H2,1-8H3,(H,52,58)/t29-,33-,34+,35?,40-,41-,44?/m0/s1. The van der Waals surface area contributed by atoms with Gasteiger partial charge in [-0.3, -0.25) is 29.2 Å². The van der Waals surface area contributed by atoms with E-state index in [1.54, 1.807) is 37.4 Å². The molecule has 1 saturated heterocycles. The maximum atomic E-state index is 14.7. The van der Waals surface area contributed by atoms with E-state index in [-0.39, 0.29) is 42.6 Å². The third-order valence-corrected chi connectivity index (χ3v) is 13.9. The number of phenolic OH excluding ortho intramolecular Hbond substituents is 1. The lowest BCUT2D eigenvalue weighted by molar-refractivity contribution is -0.155. The van der Waals surface area contributed by atoms with Crippen LogP contribution in [0.2, 0.25) is 0 Å². The number of nitrogens with zero attached hydrogens (tertiary/aromatic N) is 4. The number of carbonyl (C=O) groups is 4. The number of rotatable bonds is 9. The molecule has 2 aromatic heterocycles. The quantitative estimate of drug-likeness (QED) is 0.151. The first-order chi connectivity index (χ1) is 30.1. The summed E-state index contributed by atoms with van der Waals surface area (Å²) < 4.78 is 14.2. The maximum Gasteiger partial charge on any atom is 0.324 e. The van der Waals surface area contributed by atoms with Crippen molar-refractivity contribution in [3.05, 3.63) is 71.5 Å². The topological polar surface area (TPSA) is 155 Å². The highest BCUT2D eigenvalue weighted by Crippen LogP contribution is 2.54. The fraction of sp³-hybridized carbons (Fsp3) is 0.540. The van der Waals surface area contributed by atoms with Gasteiger partial charge in [0.05, 0.1) is 24.1 Å². The van der Waals surface area contributed by atoms with E-state index >= 15 is 0 Å². The number of benzene rings is 2. The summed E-state index contributed by atoms with van der Waals surface area (Å²) in [4.78, 5) is 63.2. The Morgan fingerprint density at radius 3 is 2.54 bits per heavy atom. The molecule has 2 saturated carbocycles. The number of methoxy groups -OCH3 is 1. The molecular weight excluding hydrogens is 797 g/mol. The molecule has 6 bridgehead atoms. The van der Waals surface area contributed by atoms with Crippen LogP contribution in [0.5, 0.6) is 5.75 Å². The summed E-state index contributed by atoms with van der Waals surface area (Å²) in [6.07, 6.45) is 6.06. The summed E-state index contributed by atoms with van der Waals surface area (Å²) in [5.74, 6) is -0.397. The average molecular weight is 861 g/mol. The lowest BCUT2D eigenvalue weighted by atomic mass is 9.84. The Morgan fingerprint density at radius 1 is 1.06 bits per heavy atom. The summed E-state index contributed by atoms with van der Waals surface area (Å²) in [5.41, 5.74) is 9.79. The summed E-state index contributed by atoms with van der Waals surface area (Å²) in [6.45, 7) is 13.2. The number of esters is 1. The van der Waals surface area contributed by atoms with Gasteiger partial charge in [0.1, 0.15) is 23.9 Å². The molecule has 4 aromatic rings. The van der Waals surface area contributed by atoms with Crippen molar-refractivity contribution < 1.29 is 33.8 Å². The molecule has 3 amide bonds. The molecule has 2 aromatic carbocycles. The smallest absolute Gasteiger partial charge is 0.324 e. The Morgan fingerprint density at radius 2 is 1.83 bits per heavy atom. The van der Waals surface area contributed by atoms with Crippen molar-refractivity contribution in [1.82, 2.24) is 30.2 Å². The summed E-state index contributed by atoms with van der Waals surface area (Å²) in [7, 11) is 3.38. The van der Waals surface area contributed by atoms with E-state index in [4.69, 9.17) is 14.5 Å². The first-order valence-corrected chi connectivity index (χ1v) is 22.8. The number of pyridine rings is 1. The van der Waals surface area contributed by atoms with E-state index in [0.717, 1.165) is 57.4 Å². The van der Waals surface area contributed by atoms with Gasteiger partial charge in [0.15, 0.2) is 0 Å². The minimum absolute atomic E-state index is 0.0233. The van der Waals surface area contributed by atoms with Gasteiger partial charge in [0.25, 0.3) is 5.91 Å². The highest BCUT2D eigenvalue weighted by molar-refractivity contribution is 5.96. The lowest BCUT2D eigenvalue weighted by Gasteiger charge is -2.37. The fourth-order valence-electron chi connectivity index (χ4n) is 10.6. The molecule has 13 nitrogen and oxygen atoms in total. The van der Waals surface area contributed by atoms with Crippen molar-refractivity contribution in [2.75, 3.05) is 27.3 Å². The van der Waals surface area contributed by atoms with Crippen LogP contribution in [0.1, 0.15) is 96.6 Å². The number of aromatic nitrogens is 2. The van der Waals surface area contributed by atoms with Crippen molar-refractivity contribution in [3.63, 3.8) is 0 Å². The molecular formula is C50H64N6O7. The lowest BCUT2D eigenvalue weighted by Crippen LogP contribution is -2.62. The van der Waals surface area contributed by atoms with E-state index in [9.17, 15) is 24.3 Å². The molecule has 3 N–H and O–H groups in total. The predicted octanol–water partition coefficient (Wildman–Crippen LogP) is 6.98. The first kappa shape index (κ1) is 44.3. The van der Waals surface area contributed by atoms with Crippen LogP contribution in [0.15, 0.2) is 54.7 Å². The highest BCUT2D eigenvalue weighted by Gasteiger charge is 2.49. The van der Waals surface area contributed by atoms with Crippen molar-refractivity contribution >= 4 is 34.6 Å². The molecule has 7 atom stereocenters. The zero-order valence-electron chi connectivity index (χ0n) is 38.1. The van der Waals surface area contributed by atoms with Crippen LogP contribution < -0.4 is 10.7 Å². The van der Waals surface area contributed by atoms with E-state index in [2.05, 4.69) is 54.3 Å². The van der Waals surface area contributed by atoms with Crippen LogP contribution in [0.3, 0.4) is 0 Å². The minimum Gasteiger partial charge on any atom is -0.508 e. The number of fused-ring (bicyclic) bond motifs is 7. The van der Waals surface area contributed by atoms with E-state index in [0.29, 0.717) is 49.8 Å². The number of hydrogen-bond donors (Lipinski definition) is 3. The molecule has 13 heteroatoms. The van der Waals surface area contributed by atoms with Crippen LogP contribution >= 0.6 is 0 Å². The van der Waals surface area contributed by atoms with Gasteiger partial charge in [-0.05, 0) is 129 Å². The number of carbonyl (C=O) groups excluding carboxylic acids is 4. The molecule has 0 spiro atoms. The fourth-order valence-corrected chi connectivity index (χ4v) is 10.6. The molecule has 336 valence electrons. The molecule has 4 aliphatic rings. The van der Waals surface area contributed by atoms with Crippen LogP contribution in [0.4, 0.5) is 0 Å². The van der Waals surface area contributed by atoms with Gasteiger partial charge in [-0.15, -0.1) is 0 Å². The minimum atomic E-state index is -1.09. The van der Waals surface area contributed by atoms with E-state index < -0.39 is 41.3 Å². The van der Waals surface area contributed by atoms with Gasteiger partial charge >= 0.3 is 5.97 Å². The normalized spacial score (nSPS) is 24.3. The number of likely N-dealkylation sites (N-methyl/N-ethyl adjacent to an activating group) is 1. The Labute approximate surface area is 370 Å². The van der Waals surface area contributed by atoms with Crippen LogP contribution in [0.25, 0.3) is 33.3 Å². The van der Waals surface area contributed by atoms with Crippen LogP contribution in [0, 0.1) is 29.1 Å². The van der Waals surface area contributed by atoms with Gasteiger partial charge in [0.2, 0.25) is 11.8 Å². The molecule has 2 aliphatic carbocycles. The van der Waals surface area contributed by atoms with Crippen molar-refractivity contribution in [2.24, 2.45) is 29.1 Å². The second-order valence-corrected chi connectivity index (χ2v) is 19.6. The molecule has 0 radical (unpaired) electrons. The maximum absolute atomic E-state index is 14.7. The Kier molecular flexibility index (Phi) is 12.5. The average Bonchev–Trinajstić information content (AvgIpc) is 3.75. The number of hydrazine groups is 1. The monoisotopic (exact) mass is 860 g/mol. The number of phenols is 1. The number of amides is 3. The van der Waals surface area contributed by atoms with Gasteiger partial charge in [-0.2, -0.15) is 0 Å². The van der Waals surface area contributed by atoms with Gasteiger partial charge in [-0.1, -0.05) is 39.8 Å². The molecule has 2 aliphatic heterocycles. The van der Waals surface area contributed by atoms with Gasteiger partial charge < -0.3 is 29.4 Å². The first-order valence-electron chi connectivity index (χ1n) is 22.8. The zero-order chi connectivity index (χ0) is 44.9. The number of aromatic hydroxyl groups is 1. The molecule has 2 unspecified atom stereocenters. The van der Waals surface area contributed by atoms with Crippen molar-refractivity contribution in [3.8, 4) is 28.1 Å². The molecule has 4 heterocycles. The van der Waals surface area contributed by atoms with Crippen molar-refractivity contribution in [1.29, 1.82) is 0 Å². The molecule has 8 rings (SSSR count). The Balaban J connectivity index is 1.22. The SMILES string of the molecule is CCn1c(-c2cccnc2[C@H](C)OC)c2c3cc(ccc31)-c1cc(O)cc(c1)C[C@H](NC(=O)C(C(C)C)N(C)C(=O)C1C[C@@H]3C[C@@H]3C1)C(=O)N1CCC[C@H](N1)C(=O)OCC(C)(C)C2. The molecule has 3 fully saturated rings. The summed E-state index contributed by atoms with van der Waals surface area (Å²) in [5, 5.41) is 16.8. The van der Waals surface area contributed by atoms with E-state index in [1.807, 2.05) is 39.0 Å². The van der Waals surface area contributed by atoms with E-state index in [1.165, 1.54) is 11.4 Å². The number of cyclic esters (lactones) is 1. The summed E-state index contributed by atoms with van der Waals surface area (Å²) in [6, 6.07) is 13.0. The Bertz CT molecular complexity index is 2400. The number of aryl methyl sites for hydroxylation is 1. The van der Waals surface area contributed by atoms with Gasteiger partial charge in [0, 0.05) is 67.7 Å². The number of ether oxygens (including phenoxy) is 2.